The summed E-state index contributed by atoms with van der Waals surface area (Å²) >= 11 is 0. The number of nitrogens with one attached hydrogen (secondary N) is 1. The normalized spacial score (nSPS) is 13.1. The number of aryl methyl sites for hydroxylation is 2. The molecule has 12 heteroatoms. The molecular weight excluding hydrogens is 484 g/mol. The van der Waals surface area contributed by atoms with E-state index in [1.807, 2.05) is 6.07 Å². The number of hydrazone groups is 1. The van der Waals surface area contributed by atoms with Crippen molar-refractivity contribution in [1.29, 1.82) is 10.5 Å². The summed E-state index contributed by atoms with van der Waals surface area (Å²) in [5.41, 5.74) is 4.64. The molecule has 0 atom stereocenters. The molecule has 0 unspecified atom stereocenters. The number of fused-ring (bicyclic) bond motifs is 4. The van der Waals surface area contributed by atoms with Crippen molar-refractivity contribution in [2.24, 2.45) is 19.2 Å². The monoisotopic (exact) mass is 505 g/mol. The minimum absolute atomic E-state index is 0.314. The van der Waals surface area contributed by atoms with Gasteiger partial charge in [-0.1, -0.05) is 49.9 Å². The number of hydrogen-bond donors (Lipinski definition) is 1. The summed E-state index contributed by atoms with van der Waals surface area (Å²) in [6.45, 7) is 0. The summed E-state index contributed by atoms with van der Waals surface area (Å²) in [5, 5.41) is 37.9. The lowest BCUT2D eigenvalue weighted by molar-refractivity contribution is -0.749. The second-order valence-corrected chi connectivity index (χ2v) is 8.69. The van der Waals surface area contributed by atoms with E-state index in [1.165, 1.54) is 19.4 Å². The van der Waals surface area contributed by atoms with Crippen molar-refractivity contribution in [2.75, 3.05) is 14.1 Å². The summed E-state index contributed by atoms with van der Waals surface area (Å²) in [6, 6.07) is 18.4. The molecule has 2 amide bonds. The summed E-state index contributed by atoms with van der Waals surface area (Å²) in [6.07, 6.45) is 0. The van der Waals surface area contributed by atoms with Gasteiger partial charge in [0.05, 0.1) is 11.1 Å². The summed E-state index contributed by atoms with van der Waals surface area (Å²) in [7, 11) is 6.21. The lowest BCUT2D eigenvalue weighted by atomic mass is 9.97. The van der Waals surface area contributed by atoms with Gasteiger partial charge in [-0.3, -0.25) is 5.43 Å². The Morgan fingerprint density at radius 1 is 0.895 bits per heavy atom. The summed E-state index contributed by atoms with van der Waals surface area (Å²) in [5.74, 6) is 0.702. The maximum atomic E-state index is 12.2. The van der Waals surface area contributed by atoms with Gasteiger partial charge in [0.1, 0.15) is 26.2 Å². The number of hydrogen-bond acceptors (Lipinski definition) is 8. The van der Waals surface area contributed by atoms with Crippen molar-refractivity contribution in [3.8, 4) is 23.5 Å². The van der Waals surface area contributed by atoms with Crippen LogP contribution >= 0.6 is 0 Å². The lowest BCUT2D eigenvalue weighted by Gasteiger charge is -2.29. The smallest absolute Gasteiger partial charge is 0.276 e. The summed E-state index contributed by atoms with van der Waals surface area (Å²) < 4.78 is 2.39. The zero-order chi connectivity index (χ0) is 27.1. The number of nitriles is 2. The van der Waals surface area contributed by atoms with Crippen LogP contribution in [0.1, 0.15) is 16.7 Å². The third-order valence-electron chi connectivity index (χ3n) is 6.22. The molecule has 0 fully saturated rings. The Morgan fingerprint density at radius 3 is 2.16 bits per heavy atom. The van der Waals surface area contributed by atoms with Gasteiger partial charge in [0.15, 0.2) is 5.84 Å². The van der Waals surface area contributed by atoms with Crippen LogP contribution in [-0.4, -0.2) is 50.9 Å². The van der Waals surface area contributed by atoms with Crippen LogP contribution in [0.15, 0.2) is 58.4 Å². The third kappa shape index (κ3) is 3.96. The zero-order valence-corrected chi connectivity index (χ0v) is 21.0. The molecule has 1 aliphatic heterocycles. The molecular formula is C26H21N10O2+. The van der Waals surface area contributed by atoms with Crippen molar-refractivity contribution in [3.63, 3.8) is 0 Å². The quantitative estimate of drug-likeness (QED) is 0.406. The van der Waals surface area contributed by atoms with Crippen LogP contribution in [0.5, 0.6) is 0 Å². The maximum absolute atomic E-state index is 12.2. The van der Waals surface area contributed by atoms with Crippen molar-refractivity contribution >= 4 is 33.4 Å². The van der Waals surface area contributed by atoms with Gasteiger partial charge in [0.25, 0.3) is 0 Å². The van der Waals surface area contributed by atoms with Gasteiger partial charge >= 0.3 is 11.7 Å². The number of amides is 2. The Hall–Kier alpha value is -5.62. The Balaban J connectivity index is 1.84. The molecule has 1 aliphatic rings. The minimum Gasteiger partial charge on any atom is -0.276 e. The first-order valence-corrected chi connectivity index (χ1v) is 11.4. The van der Waals surface area contributed by atoms with Crippen LogP contribution < -0.4 is 15.8 Å². The number of benzene rings is 2. The Bertz CT molecular complexity index is 1850. The topological polar surface area (TPSA) is 147 Å². The molecule has 4 aromatic rings. The van der Waals surface area contributed by atoms with Gasteiger partial charge in [-0.25, -0.2) is 14.8 Å². The van der Waals surface area contributed by atoms with E-state index in [4.69, 9.17) is 0 Å². The fraction of sp³-hybridized carbons (Fsp3) is 0.154. The molecule has 0 spiro atoms. The number of rotatable bonds is 2. The second-order valence-electron chi connectivity index (χ2n) is 8.69. The van der Waals surface area contributed by atoms with Crippen LogP contribution in [-0.2, 0) is 14.1 Å². The SMILES string of the molecule is CN1N=C(c2ccc3ccc4cc(-c5nn(C)c(=O)[n+](C)n5)cc(ccc2c3C#N)c4C#N)NN(C)C1=O. The molecule has 12 nitrogen and oxygen atoms in total. The molecule has 0 radical (unpaired) electrons. The third-order valence-corrected chi connectivity index (χ3v) is 6.22. The predicted octanol–water partition coefficient (Wildman–Crippen LogP) is 1.44. The molecule has 4 bridgehead atoms. The van der Waals surface area contributed by atoms with Crippen LogP contribution in [0.2, 0.25) is 0 Å². The van der Waals surface area contributed by atoms with E-state index in [2.05, 4.69) is 32.9 Å². The van der Waals surface area contributed by atoms with E-state index >= 15 is 0 Å². The fourth-order valence-electron chi connectivity index (χ4n) is 4.31. The lowest BCUT2D eigenvalue weighted by Crippen LogP contribution is -2.54. The fourth-order valence-corrected chi connectivity index (χ4v) is 4.31. The van der Waals surface area contributed by atoms with E-state index in [1.54, 1.807) is 70.7 Å². The molecule has 2 heterocycles. The average Bonchev–Trinajstić information content (AvgIpc) is 2.90. The highest BCUT2D eigenvalue weighted by atomic mass is 16.2. The van der Waals surface area contributed by atoms with Gasteiger partial charge in [-0.2, -0.15) is 15.3 Å². The number of urea groups is 1. The Morgan fingerprint density at radius 2 is 1.53 bits per heavy atom. The predicted molar refractivity (Wildman–Crippen MR) is 138 cm³/mol. The highest BCUT2D eigenvalue weighted by molar-refractivity contribution is 6.09. The van der Waals surface area contributed by atoms with Crippen molar-refractivity contribution in [3.05, 3.63) is 75.7 Å². The van der Waals surface area contributed by atoms with Crippen molar-refractivity contribution < 1.29 is 9.48 Å². The number of hydrazine groups is 1. The number of nitrogens with zero attached hydrogens (tertiary/aromatic N) is 9. The first-order valence-electron chi connectivity index (χ1n) is 11.4. The van der Waals surface area contributed by atoms with Gasteiger partial charge in [-0.15, -0.1) is 5.10 Å². The summed E-state index contributed by atoms with van der Waals surface area (Å²) in [4.78, 5) is 24.2. The van der Waals surface area contributed by atoms with E-state index < -0.39 is 0 Å². The van der Waals surface area contributed by atoms with Crippen LogP contribution in [0.3, 0.4) is 0 Å². The largest absolute Gasteiger partial charge is 0.539 e. The van der Waals surface area contributed by atoms with Crippen LogP contribution in [0.25, 0.3) is 32.9 Å². The van der Waals surface area contributed by atoms with E-state index in [0.717, 1.165) is 0 Å². The van der Waals surface area contributed by atoms with Gasteiger partial charge in [-0.05, 0) is 34.4 Å². The number of aromatic nitrogens is 4. The molecule has 0 saturated carbocycles. The molecule has 5 rings (SSSR count). The van der Waals surface area contributed by atoms with E-state index in [0.29, 0.717) is 55.5 Å². The molecule has 1 aromatic heterocycles. The first-order chi connectivity index (χ1) is 18.2. The number of amidine groups is 1. The number of carbonyl (C=O) groups excluding carboxylic acids is 1. The average molecular weight is 506 g/mol. The standard InChI is InChI=1S/C26H21N10O2/c1-33-25(37)34(2)30-23(29-33)18-11-16-6-5-15-7-10-20(24-31-35(3)26(38)36(4)32-24)19(22(15)14-28)9-8-17(12-18)21(16)13-27/h5-12H,1-4H3,(H,31,32)/q+1. The van der Waals surface area contributed by atoms with E-state index in [-0.39, 0.29) is 11.7 Å². The van der Waals surface area contributed by atoms with Gasteiger partial charge < -0.3 is 0 Å². The highest BCUT2D eigenvalue weighted by Gasteiger charge is 2.24. The maximum Gasteiger partial charge on any atom is 0.539 e. The van der Waals surface area contributed by atoms with Crippen LogP contribution in [0.4, 0.5) is 4.79 Å². The minimum atomic E-state index is -0.371. The van der Waals surface area contributed by atoms with Gasteiger partial charge in [0, 0.05) is 30.6 Å². The molecule has 0 saturated heterocycles. The Kier molecular flexibility index (Phi) is 5.78. The molecule has 0 aliphatic carbocycles. The Labute approximate surface area is 216 Å². The second kappa shape index (κ2) is 9.11. The van der Waals surface area contributed by atoms with Crippen molar-refractivity contribution in [1.82, 2.24) is 30.3 Å². The first kappa shape index (κ1) is 24.1. The molecule has 186 valence electrons. The molecule has 38 heavy (non-hydrogen) atoms. The molecule has 1 N–H and O–H groups in total. The molecule has 3 aromatic carbocycles. The van der Waals surface area contributed by atoms with Crippen LogP contribution in [0, 0.1) is 22.7 Å². The van der Waals surface area contributed by atoms with Crippen molar-refractivity contribution in [2.45, 2.75) is 0 Å². The highest BCUT2D eigenvalue weighted by Crippen LogP contribution is 2.27. The van der Waals surface area contributed by atoms with E-state index in [9.17, 15) is 20.1 Å². The number of carbonyl (C=O) groups is 1. The zero-order valence-electron chi connectivity index (χ0n) is 21.0. The van der Waals surface area contributed by atoms with Gasteiger partial charge in [0.2, 0.25) is 5.82 Å².